The maximum absolute atomic E-state index is 9.32. The van der Waals surface area contributed by atoms with Gasteiger partial charge in [0.1, 0.15) is 12.3 Å². The number of hydrogen-bond acceptors (Lipinski definition) is 8. The number of hydrazine groups is 2. The number of nitrogens with one attached hydrogen (secondary N) is 2. The van der Waals surface area contributed by atoms with E-state index in [2.05, 4.69) is 10.9 Å². The molecule has 3 unspecified atom stereocenters. The lowest BCUT2D eigenvalue weighted by Crippen LogP contribution is -2.62. The summed E-state index contributed by atoms with van der Waals surface area (Å²) >= 11 is 0. The third-order valence-corrected chi connectivity index (χ3v) is 2.52. The number of aliphatic hydroxyl groups is 4. The van der Waals surface area contributed by atoms with Gasteiger partial charge in [-0.3, -0.25) is 0 Å². The molecule has 0 bridgehead atoms. The van der Waals surface area contributed by atoms with Crippen LogP contribution in [0.3, 0.4) is 0 Å². The van der Waals surface area contributed by atoms with Gasteiger partial charge in [0, 0.05) is 12.6 Å². The molecule has 102 valence electrons. The maximum Gasteiger partial charge on any atom is 0.123 e. The van der Waals surface area contributed by atoms with Crippen molar-refractivity contribution in [3.8, 4) is 0 Å². The molecule has 1 saturated carbocycles. The van der Waals surface area contributed by atoms with Gasteiger partial charge < -0.3 is 26.2 Å². The van der Waals surface area contributed by atoms with Gasteiger partial charge in [-0.2, -0.15) is 5.12 Å². The summed E-state index contributed by atoms with van der Waals surface area (Å²) in [6.45, 7) is -0.599. The molecule has 1 rings (SSSR count). The van der Waals surface area contributed by atoms with E-state index in [1.54, 1.807) is 0 Å². The summed E-state index contributed by atoms with van der Waals surface area (Å²) in [5.41, 5.74) is 11.2. The molecule has 0 aliphatic heterocycles. The van der Waals surface area contributed by atoms with Crippen molar-refractivity contribution in [2.45, 2.75) is 37.3 Å². The normalized spacial score (nSPS) is 21.5. The molecule has 0 aromatic rings. The summed E-state index contributed by atoms with van der Waals surface area (Å²) < 4.78 is 0. The zero-order valence-electron chi connectivity index (χ0n) is 9.66. The van der Waals surface area contributed by atoms with Gasteiger partial charge in [-0.25, -0.2) is 10.9 Å². The zero-order valence-corrected chi connectivity index (χ0v) is 9.66. The largest absolute Gasteiger partial charge is 0.394 e. The van der Waals surface area contributed by atoms with Gasteiger partial charge in [0.15, 0.2) is 0 Å². The third-order valence-electron chi connectivity index (χ3n) is 2.52. The fraction of sp³-hybridized carbons (Fsp3) is 1.00. The van der Waals surface area contributed by atoms with Crippen LogP contribution >= 0.6 is 0 Å². The highest BCUT2D eigenvalue weighted by Gasteiger charge is 2.30. The minimum absolute atomic E-state index is 0.0967. The Morgan fingerprint density at radius 2 is 1.88 bits per heavy atom. The maximum atomic E-state index is 9.32. The van der Waals surface area contributed by atoms with Gasteiger partial charge in [0.2, 0.25) is 0 Å². The minimum Gasteiger partial charge on any atom is -0.394 e. The number of hydrogen-bond donors (Lipinski definition) is 7. The summed E-state index contributed by atoms with van der Waals surface area (Å²) in [5.74, 6) is 0. The SMILES string of the molecule is NC(O)C(CO)N(NCC(O)CO)NC1CC1. The fourth-order valence-corrected chi connectivity index (χ4v) is 1.28. The molecule has 8 N–H and O–H groups in total. The Kier molecular flexibility index (Phi) is 6.23. The predicted molar refractivity (Wildman–Crippen MR) is 60.2 cm³/mol. The summed E-state index contributed by atoms with van der Waals surface area (Å²) in [6.07, 6.45) is -0.100. The Morgan fingerprint density at radius 1 is 1.24 bits per heavy atom. The van der Waals surface area contributed by atoms with Gasteiger partial charge in [0.05, 0.1) is 19.3 Å². The van der Waals surface area contributed by atoms with Gasteiger partial charge >= 0.3 is 0 Å². The zero-order chi connectivity index (χ0) is 12.8. The first-order valence-electron chi connectivity index (χ1n) is 5.70. The molecule has 17 heavy (non-hydrogen) atoms. The second-order valence-corrected chi connectivity index (χ2v) is 4.21. The average molecular weight is 250 g/mol. The molecule has 0 aromatic heterocycles. The van der Waals surface area contributed by atoms with Crippen LogP contribution in [-0.4, -0.2) is 69.7 Å². The molecule has 0 spiro atoms. The Hall–Kier alpha value is -0.320. The van der Waals surface area contributed by atoms with Crippen LogP contribution < -0.4 is 16.6 Å². The van der Waals surface area contributed by atoms with Crippen molar-refractivity contribution in [2.24, 2.45) is 5.73 Å². The minimum atomic E-state index is -1.22. The van der Waals surface area contributed by atoms with E-state index in [1.807, 2.05) is 0 Å². The smallest absolute Gasteiger partial charge is 0.123 e. The van der Waals surface area contributed by atoms with E-state index in [0.29, 0.717) is 6.04 Å². The highest BCUT2D eigenvalue weighted by Crippen LogP contribution is 2.19. The lowest BCUT2D eigenvalue weighted by atomic mass is 10.3. The molecule has 3 atom stereocenters. The van der Waals surface area contributed by atoms with Crippen molar-refractivity contribution < 1.29 is 20.4 Å². The van der Waals surface area contributed by atoms with E-state index < -0.39 is 18.4 Å². The van der Waals surface area contributed by atoms with E-state index in [-0.39, 0.29) is 19.8 Å². The van der Waals surface area contributed by atoms with Gasteiger partial charge in [-0.1, -0.05) is 0 Å². The van der Waals surface area contributed by atoms with Crippen LogP contribution in [0.25, 0.3) is 0 Å². The predicted octanol–water partition coefficient (Wildman–Crippen LogP) is -3.55. The molecule has 0 amide bonds. The van der Waals surface area contributed by atoms with Crippen LogP contribution in [0.2, 0.25) is 0 Å². The molecular formula is C9H22N4O4. The Labute approximate surface area is 100.0 Å². The van der Waals surface area contributed by atoms with Crippen LogP contribution in [0.15, 0.2) is 0 Å². The second-order valence-electron chi connectivity index (χ2n) is 4.21. The first-order chi connectivity index (χ1) is 8.08. The molecule has 8 nitrogen and oxygen atoms in total. The lowest BCUT2D eigenvalue weighted by molar-refractivity contribution is -0.0520. The Bertz CT molecular complexity index is 215. The van der Waals surface area contributed by atoms with Crippen molar-refractivity contribution in [1.82, 2.24) is 16.0 Å². The standard InChI is InChI=1S/C9H22N4O4/c10-9(17)8(5-15)13(12-6-1-2-6)11-3-7(16)4-14/h6-9,11-12,14-17H,1-5,10H2. The number of nitrogens with two attached hydrogens (primary N) is 1. The summed E-state index contributed by atoms with van der Waals surface area (Å²) in [7, 11) is 0. The van der Waals surface area contributed by atoms with Crippen LogP contribution in [0.4, 0.5) is 0 Å². The lowest BCUT2D eigenvalue weighted by Gasteiger charge is -2.33. The van der Waals surface area contributed by atoms with E-state index in [0.717, 1.165) is 12.8 Å². The van der Waals surface area contributed by atoms with Crippen molar-refractivity contribution >= 4 is 0 Å². The van der Waals surface area contributed by atoms with Crippen LogP contribution in [0, 0.1) is 0 Å². The second kappa shape index (κ2) is 7.19. The van der Waals surface area contributed by atoms with Crippen molar-refractivity contribution in [3.05, 3.63) is 0 Å². The molecule has 1 aliphatic carbocycles. The molecule has 0 heterocycles. The monoisotopic (exact) mass is 250 g/mol. The molecule has 0 radical (unpaired) electrons. The van der Waals surface area contributed by atoms with E-state index in [9.17, 15) is 10.2 Å². The number of rotatable bonds is 9. The molecule has 1 aliphatic rings. The van der Waals surface area contributed by atoms with Gasteiger partial charge in [0.25, 0.3) is 0 Å². The summed E-state index contributed by atoms with van der Waals surface area (Å²) in [5, 5.41) is 37.8. The molecule has 8 heteroatoms. The first kappa shape index (κ1) is 14.7. The first-order valence-corrected chi connectivity index (χ1v) is 5.70. The van der Waals surface area contributed by atoms with Gasteiger partial charge in [-0.05, 0) is 12.8 Å². The van der Waals surface area contributed by atoms with Gasteiger partial charge in [-0.15, -0.1) is 0 Å². The van der Waals surface area contributed by atoms with Crippen molar-refractivity contribution in [1.29, 1.82) is 0 Å². The number of nitrogens with zero attached hydrogens (tertiary/aromatic N) is 1. The molecular weight excluding hydrogens is 228 g/mol. The van der Waals surface area contributed by atoms with Crippen molar-refractivity contribution in [3.63, 3.8) is 0 Å². The number of aliphatic hydroxyl groups excluding tert-OH is 4. The van der Waals surface area contributed by atoms with E-state index in [4.69, 9.17) is 15.9 Å². The van der Waals surface area contributed by atoms with Crippen LogP contribution in [0.5, 0.6) is 0 Å². The molecule has 0 aromatic carbocycles. The van der Waals surface area contributed by atoms with Crippen molar-refractivity contribution in [2.75, 3.05) is 19.8 Å². The van der Waals surface area contributed by atoms with Crippen LogP contribution in [0.1, 0.15) is 12.8 Å². The summed E-state index contributed by atoms with van der Waals surface area (Å²) in [4.78, 5) is 0. The van der Waals surface area contributed by atoms with E-state index in [1.165, 1.54) is 5.12 Å². The quantitative estimate of drug-likeness (QED) is 0.165. The third kappa shape index (κ3) is 5.23. The Balaban J connectivity index is 2.45. The highest BCUT2D eigenvalue weighted by atomic mass is 16.3. The molecule has 1 fully saturated rings. The fourth-order valence-electron chi connectivity index (χ4n) is 1.28. The topological polar surface area (TPSA) is 134 Å². The highest BCUT2D eigenvalue weighted by molar-refractivity contribution is 4.82. The average Bonchev–Trinajstić information content (AvgIpc) is 3.09. The summed E-state index contributed by atoms with van der Waals surface area (Å²) in [6, 6.07) is -0.428. The van der Waals surface area contributed by atoms with Crippen LogP contribution in [-0.2, 0) is 0 Å². The Morgan fingerprint density at radius 3 is 2.29 bits per heavy atom. The molecule has 0 saturated heterocycles. The van der Waals surface area contributed by atoms with E-state index >= 15 is 0 Å².